The van der Waals surface area contributed by atoms with Gasteiger partial charge in [0.2, 0.25) is 0 Å². The lowest BCUT2D eigenvalue weighted by Gasteiger charge is -2.21. The molecule has 4 aromatic carbocycles. The number of hydrogen-bond donors (Lipinski definition) is 0. The molecule has 0 amide bonds. The van der Waals surface area contributed by atoms with Crippen molar-refractivity contribution in [3.05, 3.63) is 97.1 Å². The monoisotopic (exact) mass is 365 g/mol. The summed E-state index contributed by atoms with van der Waals surface area (Å²) in [5.41, 5.74) is 4.93. The maximum atomic E-state index is 2.29. The Morgan fingerprint density at radius 2 is 1.26 bits per heavy atom. The second kappa shape index (κ2) is 6.57. The van der Waals surface area contributed by atoms with Crippen LogP contribution in [0.15, 0.2) is 97.1 Å². The molecule has 2 heteroatoms. The van der Waals surface area contributed by atoms with Gasteiger partial charge in [-0.1, -0.05) is 66.7 Å². The molecule has 0 aliphatic rings. The Labute approximate surface area is 163 Å². The lowest BCUT2D eigenvalue weighted by atomic mass is 10.0. The second-order valence-corrected chi connectivity index (χ2v) is 7.80. The fourth-order valence-electron chi connectivity index (χ4n) is 3.68. The largest absolute Gasteiger partial charge is 0.344 e. The molecule has 0 spiro atoms. The van der Waals surface area contributed by atoms with Gasteiger partial charge >= 0.3 is 0 Å². The molecule has 0 aliphatic heterocycles. The molecule has 1 nitrogen and oxygen atoms in total. The highest BCUT2D eigenvalue weighted by Gasteiger charge is 2.13. The number of fused-ring (bicyclic) bond motifs is 3. The Morgan fingerprint density at radius 1 is 0.593 bits per heavy atom. The first-order valence-electron chi connectivity index (χ1n) is 9.11. The molecular weight excluding hydrogens is 346 g/mol. The number of anilines is 2. The summed E-state index contributed by atoms with van der Waals surface area (Å²) < 4.78 is 2.68. The van der Waals surface area contributed by atoms with Crippen molar-refractivity contribution in [3.8, 4) is 11.1 Å². The minimum atomic E-state index is 1.19. The summed E-state index contributed by atoms with van der Waals surface area (Å²) in [5.74, 6) is 0. The maximum absolute atomic E-state index is 2.29. The molecule has 0 radical (unpaired) electrons. The van der Waals surface area contributed by atoms with E-state index in [4.69, 9.17) is 0 Å². The van der Waals surface area contributed by atoms with Crippen LogP contribution in [0, 0.1) is 0 Å². The van der Waals surface area contributed by atoms with E-state index in [2.05, 4.69) is 109 Å². The molecule has 1 aromatic heterocycles. The molecular formula is C25H19NS. The van der Waals surface area contributed by atoms with Crippen molar-refractivity contribution in [1.29, 1.82) is 0 Å². The summed E-state index contributed by atoms with van der Waals surface area (Å²) in [6.45, 7) is 0. The molecule has 1 heterocycles. The van der Waals surface area contributed by atoms with Crippen LogP contribution in [-0.2, 0) is 0 Å². The first kappa shape index (κ1) is 16.1. The standard InChI is InChI=1S/C25H19NS/c1-26(20-16-14-19(15-17-20)18-8-3-2-4-9-18)22-11-7-13-24-25(22)21-10-5-6-12-23(21)27-24/h2-17H,1H3. The topological polar surface area (TPSA) is 3.24 Å². The Hall–Kier alpha value is -3.10. The van der Waals surface area contributed by atoms with Crippen molar-refractivity contribution < 1.29 is 0 Å². The smallest absolute Gasteiger partial charge is 0.0502 e. The molecule has 0 N–H and O–H groups in total. The zero-order valence-corrected chi connectivity index (χ0v) is 15.9. The van der Waals surface area contributed by atoms with Gasteiger partial charge in [-0.3, -0.25) is 0 Å². The van der Waals surface area contributed by atoms with Crippen LogP contribution in [0.4, 0.5) is 11.4 Å². The number of rotatable bonds is 3. The Morgan fingerprint density at radius 3 is 2.07 bits per heavy atom. The number of nitrogens with zero attached hydrogens (tertiary/aromatic N) is 1. The number of benzene rings is 4. The van der Waals surface area contributed by atoms with Crippen molar-refractivity contribution in [2.45, 2.75) is 0 Å². The minimum Gasteiger partial charge on any atom is -0.344 e. The van der Waals surface area contributed by atoms with Gasteiger partial charge < -0.3 is 4.90 Å². The van der Waals surface area contributed by atoms with Crippen LogP contribution in [0.2, 0.25) is 0 Å². The third kappa shape index (κ3) is 2.79. The highest BCUT2D eigenvalue weighted by Crippen LogP contribution is 2.41. The van der Waals surface area contributed by atoms with Gasteiger partial charge in [0.15, 0.2) is 0 Å². The van der Waals surface area contributed by atoms with Gasteiger partial charge in [-0.25, -0.2) is 0 Å². The second-order valence-electron chi connectivity index (χ2n) is 6.72. The van der Waals surface area contributed by atoms with Crippen LogP contribution in [0.5, 0.6) is 0 Å². The van der Waals surface area contributed by atoms with E-state index >= 15 is 0 Å². The van der Waals surface area contributed by atoms with Gasteiger partial charge in [0.25, 0.3) is 0 Å². The first-order chi connectivity index (χ1) is 13.3. The highest BCUT2D eigenvalue weighted by atomic mass is 32.1. The van der Waals surface area contributed by atoms with E-state index in [1.807, 2.05) is 11.3 Å². The van der Waals surface area contributed by atoms with Crippen molar-refractivity contribution >= 4 is 42.9 Å². The zero-order valence-electron chi connectivity index (χ0n) is 15.1. The predicted molar refractivity (Wildman–Crippen MR) is 119 cm³/mol. The summed E-state index contributed by atoms with van der Waals surface area (Å²) in [7, 11) is 2.15. The van der Waals surface area contributed by atoms with Crippen LogP contribution in [0.25, 0.3) is 31.3 Å². The first-order valence-corrected chi connectivity index (χ1v) is 9.92. The molecule has 0 bridgehead atoms. The maximum Gasteiger partial charge on any atom is 0.0502 e. The van der Waals surface area contributed by atoms with E-state index < -0.39 is 0 Å². The van der Waals surface area contributed by atoms with Crippen molar-refractivity contribution in [1.82, 2.24) is 0 Å². The predicted octanol–water partition coefficient (Wildman–Crippen LogP) is 7.49. The third-order valence-corrected chi connectivity index (χ3v) is 6.24. The molecule has 5 rings (SSSR count). The van der Waals surface area contributed by atoms with Gasteiger partial charge in [0.1, 0.15) is 0 Å². The summed E-state index contributed by atoms with van der Waals surface area (Å²) in [6.07, 6.45) is 0. The van der Waals surface area contributed by atoms with E-state index in [1.165, 1.54) is 42.7 Å². The van der Waals surface area contributed by atoms with Crippen molar-refractivity contribution in [2.24, 2.45) is 0 Å². The lowest BCUT2D eigenvalue weighted by Crippen LogP contribution is -2.09. The Bertz CT molecular complexity index is 1220. The zero-order chi connectivity index (χ0) is 18.2. The SMILES string of the molecule is CN(c1ccc(-c2ccccc2)cc1)c1cccc2sc3ccccc3c12. The van der Waals surface area contributed by atoms with Gasteiger partial charge in [-0.05, 0) is 41.5 Å². The van der Waals surface area contributed by atoms with Crippen LogP contribution in [0.3, 0.4) is 0 Å². The highest BCUT2D eigenvalue weighted by molar-refractivity contribution is 7.25. The summed E-state index contributed by atoms with van der Waals surface area (Å²) in [5, 5.41) is 2.67. The number of thiophene rings is 1. The van der Waals surface area contributed by atoms with Gasteiger partial charge in [-0.2, -0.15) is 0 Å². The molecule has 0 aliphatic carbocycles. The fraction of sp³-hybridized carbons (Fsp3) is 0.0400. The van der Waals surface area contributed by atoms with Crippen molar-refractivity contribution in [3.63, 3.8) is 0 Å². The quantitative estimate of drug-likeness (QED) is 0.320. The van der Waals surface area contributed by atoms with Crippen LogP contribution < -0.4 is 4.90 Å². The summed E-state index contributed by atoms with van der Waals surface area (Å²) >= 11 is 1.86. The molecule has 0 unspecified atom stereocenters. The van der Waals surface area contributed by atoms with E-state index in [0.29, 0.717) is 0 Å². The third-order valence-electron chi connectivity index (χ3n) is 5.10. The molecule has 0 fully saturated rings. The van der Waals surface area contributed by atoms with E-state index in [-0.39, 0.29) is 0 Å². The van der Waals surface area contributed by atoms with Gasteiger partial charge in [-0.15, -0.1) is 11.3 Å². The fourth-order valence-corrected chi connectivity index (χ4v) is 4.81. The number of hydrogen-bond acceptors (Lipinski definition) is 2. The lowest BCUT2D eigenvalue weighted by molar-refractivity contribution is 1.22. The van der Waals surface area contributed by atoms with Crippen LogP contribution in [0.1, 0.15) is 0 Å². The normalized spacial score (nSPS) is 11.1. The Kier molecular flexibility index (Phi) is 3.92. The van der Waals surface area contributed by atoms with E-state index in [1.54, 1.807) is 0 Å². The molecule has 0 saturated heterocycles. The van der Waals surface area contributed by atoms with E-state index in [0.717, 1.165) is 0 Å². The summed E-state index contributed by atoms with van der Waals surface area (Å²) in [6, 6.07) is 34.6. The molecule has 5 aromatic rings. The average molecular weight is 366 g/mol. The van der Waals surface area contributed by atoms with Gasteiger partial charge in [0.05, 0.1) is 5.69 Å². The molecule has 27 heavy (non-hydrogen) atoms. The molecule has 0 atom stereocenters. The van der Waals surface area contributed by atoms with Crippen LogP contribution >= 0.6 is 11.3 Å². The molecule has 0 saturated carbocycles. The molecule has 130 valence electrons. The minimum absolute atomic E-state index is 1.19. The van der Waals surface area contributed by atoms with Gasteiger partial charge in [0, 0.05) is 32.9 Å². The van der Waals surface area contributed by atoms with E-state index in [9.17, 15) is 0 Å². The average Bonchev–Trinajstić information content (AvgIpc) is 3.13. The summed E-state index contributed by atoms with van der Waals surface area (Å²) in [4.78, 5) is 2.29. The van der Waals surface area contributed by atoms with Crippen LogP contribution in [-0.4, -0.2) is 7.05 Å². The van der Waals surface area contributed by atoms with Crippen molar-refractivity contribution in [2.75, 3.05) is 11.9 Å². The Balaban J connectivity index is 1.59.